The van der Waals surface area contributed by atoms with E-state index in [9.17, 15) is 0 Å². The summed E-state index contributed by atoms with van der Waals surface area (Å²) >= 11 is 2.13. The van der Waals surface area contributed by atoms with E-state index in [-0.39, 0.29) is 0 Å². The zero-order valence-electron chi connectivity index (χ0n) is 9.51. The van der Waals surface area contributed by atoms with Gasteiger partial charge in [-0.15, -0.1) is 0 Å². The molecule has 82 valence electrons. The van der Waals surface area contributed by atoms with E-state index in [4.69, 9.17) is 0 Å². The monoisotopic (exact) mass is 213 g/mol. The van der Waals surface area contributed by atoms with Crippen LogP contribution in [0, 0.1) is 5.41 Å². The van der Waals surface area contributed by atoms with Crippen LogP contribution in [0.15, 0.2) is 0 Å². The highest BCUT2D eigenvalue weighted by Crippen LogP contribution is 2.35. The molecule has 1 heterocycles. The van der Waals surface area contributed by atoms with Gasteiger partial charge in [-0.05, 0) is 30.4 Å². The fourth-order valence-corrected chi connectivity index (χ4v) is 4.21. The Morgan fingerprint density at radius 3 is 2.57 bits per heavy atom. The van der Waals surface area contributed by atoms with Crippen molar-refractivity contribution in [1.82, 2.24) is 5.32 Å². The maximum absolute atomic E-state index is 3.89. The highest BCUT2D eigenvalue weighted by Gasteiger charge is 2.34. The summed E-state index contributed by atoms with van der Waals surface area (Å²) in [5.41, 5.74) is 0.522. The van der Waals surface area contributed by atoms with Crippen molar-refractivity contribution < 1.29 is 0 Å². The maximum Gasteiger partial charge on any atom is 0.0212 e. The summed E-state index contributed by atoms with van der Waals surface area (Å²) in [7, 11) is 0. The van der Waals surface area contributed by atoms with Crippen molar-refractivity contribution in [2.75, 3.05) is 11.5 Å². The van der Waals surface area contributed by atoms with Crippen molar-refractivity contribution >= 4 is 11.8 Å². The third kappa shape index (κ3) is 2.46. The average Bonchev–Trinajstić information content (AvgIpc) is 2.61. The van der Waals surface area contributed by atoms with E-state index < -0.39 is 0 Å². The van der Waals surface area contributed by atoms with E-state index in [2.05, 4.69) is 30.9 Å². The Morgan fingerprint density at radius 2 is 1.93 bits per heavy atom. The molecule has 1 saturated carbocycles. The molecule has 0 amide bonds. The molecular formula is C12H23NS. The molecule has 0 aromatic carbocycles. The minimum atomic E-state index is 0.522. The zero-order chi connectivity index (χ0) is 10.0. The SMILES string of the molecule is CC1(C)CCSCC1NC1CCCC1. The first kappa shape index (κ1) is 10.8. The van der Waals surface area contributed by atoms with Crippen LogP contribution in [0.5, 0.6) is 0 Å². The first-order chi connectivity index (χ1) is 6.68. The summed E-state index contributed by atoms with van der Waals surface area (Å²) in [6.07, 6.45) is 7.09. The van der Waals surface area contributed by atoms with Crippen LogP contribution in [-0.2, 0) is 0 Å². The average molecular weight is 213 g/mol. The molecular weight excluding hydrogens is 190 g/mol. The largest absolute Gasteiger partial charge is 0.310 e. The van der Waals surface area contributed by atoms with Crippen molar-refractivity contribution in [3.63, 3.8) is 0 Å². The van der Waals surface area contributed by atoms with E-state index in [0.29, 0.717) is 5.41 Å². The molecule has 2 aliphatic rings. The zero-order valence-corrected chi connectivity index (χ0v) is 10.3. The van der Waals surface area contributed by atoms with Gasteiger partial charge in [-0.25, -0.2) is 0 Å². The molecule has 0 bridgehead atoms. The van der Waals surface area contributed by atoms with Crippen LogP contribution in [0.25, 0.3) is 0 Å². The van der Waals surface area contributed by atoms with E-state index in [1.807, 2.05) is 0 Å². The fourth-order valence-electron chi connectivity index (χ4n) is 2.59. The summed E-state index contributed by atoms with van der Waals surface area (Å²) in [5, 5.41) is 3.89. The van der Waals surface area contributed by atoms with E-state index in [1.165, 1.54) is 43.6 Å². The van der Waals surface area contributed by atoms with E-state index in [1.54, 1.807) is 0 Å². The molecule has 1 atom stereocenters. The number of rotatable bonds is 2. The Bertz CT molecular complexity index is 185. The first-order valence-corrected chi connectivity index (χ1v) is 7.18. The van der Waals surface area contributed by atoms with Crippen LogP contribution >= 0.6 is 11.8 Å². The molecule has 1 N–H and O–H groups in total. The van der Waals surface area contributed by atoms with Crippen molar-refractivity contribution in [3.8, 4) is 0 Å². The van der Waals surface area contributed by atoms with Crippen molar-refractivity contribution in [3.05, 3.63) is 0 Å². The lowest BCUT2D eigenvalue weighted by Gasteiger charge is -2.40. The molecule has 2 fully saturated rings. The Labute approximate surface area is 92.4 Å². The molecule has 0 radical (unpaired) electrons. The van der Waals surface area contributed by atoms with Crippen LogP contribution in [0.3, 0.4) is 0 Å². The quantitative estimate of drug-likeness (QED) is 0.756. The minimum Gasteiger partial charge on any atom is -0.310 e. The lowest BCUT2D eigenvalue weighted by Crippen LogP contribution is -2.49. The molecule has 0 aromatic heterocycles. The smallest absolute Gasteiger partial charge is 0.0212 e. The highest BCUT2D eigenvalue weighted by molar-refractivity contribution is 7.99. The molecule has 14 heavy (non-hydrogen) atoms. The molecule has 2 heteroatoms. The predicted octanol–water partition coefficient (Wildman–Crippen LogP) is 3.05. The van der Waals surface area contributed by atoms with Gasteiger partial charge < -0.3 is 5.32 Å². The van der Waals surface area contributed by atoms with Crippen molar-refractivity contribution in [2.45, 2.75) is 58.0 Å². The van der Waals surface area contributed by atoms with Crippen LogP contribution in [0.1, 0.15) is 46.0 Å². The van der Waals surface area contributed by atoms with Gasteiger partial charge in [0.25, 0.3) is 0 Å². The number of hydrogen-bond acceptors (Lipinski definition) is 2. The van der Waals surface area contributed by atoms with Crippen LogP contribution in [-0.4, -0.2) is 23.6 Å². The maximum atomic E-state index is 3.89. The summed E-state index contributed by atoms with van der Waals surface area (Å²) in [4.78, 5) is 0. The third-order valence-electron chi connectivity index (χ3n) is 3.91. The summed E-state index contributed by atoms with van der Waals surface area (Å²) in [6, 6.07) is 1.59. The lowest BCUT2D eigenvalue weighted by atomic mass is 9.82. The third-order valence-corrected chi connectivity index (χ3v) is 4.97. The second kappa shape index (κ2) is 4.44. The second-order valence-corrected chi connectivity index (χ2v) is 6.66. The predicted molar refractivity (Wildman–Crippen MR) is 64.9 cm³/mol. The Morgan fingerprint density at radius 1 is 1.21 bits per heavy atom. The topological polar surface area (TPSA) is 12.0 Å². The second-order valence-electron chi connectivity index (χ2n) is 5.51. The molecule has 1 aliphatic heterocycles. The fraction of sp³-hybridized carbons (Fsp3) is 1.00. The molecule has 1 unspecified atom stereocenters. The first-order valence-electron chi connectivity index (χ1n) is 6.02. The van der Waals surface area contributed by atoms with E-state index in [0.717, 1.165) is 12.1 Å². The van der Waals surface area contributed by atoms with E-state index >= 15 is 0 Å². The van der Waals surface area contributed by atoms with Gasteiger partial charge in [-0.1, -0.05) is 26.7 Å². The Kier molecular flexibility index (Phi) is 3.43. The molecule has 2 rings (SSSR count). The summed E-state index contributed by atoms with van der Waals surface area (Å²) < 4.78 is 0. The molecule has 0 aromatic rings. The highest BCUT2D eigenvalue weighted by atomic mass is 32.2. The van der Waals surface area contributed by atoms with Gasteiger partial charge in [-0.2, -0.15) is 11.8 Å². The van der Waals surface area contributed by atoms with Crippen LogP contribution < -0.4 is 5.32 Å². The van der Waals surface area contributed by atoms with Gasteiger partial charge in [0.05, 0.1) is 0 Å². The van der Waals surface area contributed by atoms with Crippen molar-refractivity contribution in [1.29, 1.82) is 0 Å². The molecule has 0 spiro atoms. The Hall–Kier alpha value is 0.310. The standard InChI is InChI=1S/C12H23NS/c1-12(2)7-8-14-9-11(12)13-10-5-3-4-6-10/h10-11,13H,3-9H2,1-2H3. The summed E-state index contributed by atoms with van der Waals surface area (Å²) in [6.45, 7) is 4.86. The van der Waals surface area contributed by atoms with Gasteiger partial charge in [0.1, 0.15) is 0 Å². The van der Waals surface area contributed by atoms with Gasteiger partial charge in [0, 0.05) is 17.8 Å². The molecule has 1 nitrogen and oxygen atoms in total. The lowest BCUT2D eigenvalue weighted by molar-refractivity contribution is 0.228. The molecule has 1 saturated heterocycles. The van der Waals surface area contributed by atoms with Gasteiger partial charge in [0.15, 0.2) is 0 Å². The van der Waals surface area contributed by atoms with Gasteiger partial charge in [-0.3, -0.25) is 0 Å². The van der Waals surface area contributed by atoms with Gasteiger partial charge in [0.2, 0.25) is 0 Å². The number of hydrogen-bond donors (Lipinski definition) is 1. The number of nitrogens with one attached hydrogen (secondary N) is 1. The van der Waals surface area contributed by atoms with Crippen LogP contribution in [0.2, 0.25) is 0 Å². The molecule has 1 aliphatic carbocycles. The normalized spacial score (nSPS) is 33.4. The van der Waals surface area contributed by atoms with Gasteiger partial charge >= 0.3 is 0 Å². The number of thioether (sulfide) groups is 1. The summed E-state index contributed by atoms with van der Waals surface area (Å²) in [5.74, 6) is 2.68. The Balaban J connectivity index is 1.88. The van der Waals surface area contributed by atoms with Crippen LogP contribution in [0.4, 0.5) is 0 Å². The van der Waals surface area contributed by atoms with Crippen molar-refractivity contribution in [2.24, 2.45) is 5.41 Å². The minimum absolute atomic E-state index is 0.522.